The first-order valence-electron chi connectivity index (χ1n) is 11.9. The van der Waals surface area contributed by atoms with Crippen molar-refractivity contribution in [3.8, 4) is 5.75 Å². The topological polar surface area (TPSA) is 75.7 Å². The Balaban J connectivity index is 1.33. The third kappa shape index (κ3) is 5.25. The first kappa shape index (κ1) is 23.8. The molecule has 0 unspecified atom stereocenters. The molecule has 2 aromatic carbocycles. The van der Waals surface area contributed by atoms with Crippen molar-refractivity contribution in [2.75, 3.05) is 26.7 Å². The molecule has 178 valence electrons. The predicted molar refractivity (Wildman–Crippen MR) is 129 cm³/mol. The molecule has 2 fully saturated rings. The molecule has 2 aliphatic rings. The minimum absolute atomic E-state index is 0.0185. The summed E-state index contributed by atoms with van der Waals surface area (Å²) in [6.45, 7) is 1.81. The summed E-state index contributed by atoms with van der Waals surface area (Å²) >= 11 is 0. The number of methoxy groups -OCH3 is 1. The van der Waals surface area contributed by atoms with Crippen LogP contribution in [-0.4, -0.2) is 45.4 Å². The maximum atomic E-state index is 12.7. The number of carbonyl (C=O) groups excluding carboxylic acids is 1. The van der Waals surface area contributed by atoms with Gasteiger partial charge in [0.2, 0.25) is 15.9 Å². The number of ether oxygens (including phenoxy) is 1. The van der Waals surface area contributed by atoms with Crippen molar-refractivity contribution < 1.29 is 17.9 Å². The normalized spacial score (nSPS) is 18.3. The van der Waals surface area contributed by atoms with Crippen molar-refractivity contribution in [3.63, 3.8) is 0 Å². The molecule has 2 aromatic rings. The highest BCUT2D eigenvalue weighted by Crippen LogP contribution is 2.44. The van der Waals surface area contributed by atoms with Crippen LogP contribution in [0, 0.1) is 0 Å². The van der Waals surface area contributed by atoms with Crippen LogP contribution in [0.15, 0.2) is 53.4 Å². The Morgan fingerprint density at radius 3 is 2.33 bits per heavy atom. The third-order valence-corrected chi connectivity index (χ3v) is 9.04. The van der Waals surface area contributed by atoms with Crippen LogP contribution in [0.2, 0.25) is 0 Å². The van der Waals surface area contributed by atoms with Gasteiger partial charge in [-0.2, -0.15) is 4.31 Å². The second-order valence-corrected chi connectivity index (χ2v) is 11.2. The maximum Gasteiger partial charge on any atom is 0.243 e. The van der Waals surface area contributed by atoms with Crippen molar-refractivity contribution in [1.29, 1.82) is 0 Å². The molecular weight excluding hydrogens is 436 g/mol. The minimum Gasteiger partial charge on any atom is -0.496 e. The Hall–Kier alpha value is -2.38. The Morgan fingerprint density at radius 1 is 1.00 bits per heavy atom. The Morgan fingerprint density at radius 2 is 1.67 bits per heavy atom. The molecule has 1 aliphatic heterocycles. The van der Waals surface area contributed by atoms with Gasteiger partial charge >= 0.3 is 0 Å². The summed E-state index contributed by atoms with van der Waals surface area (Å²) in [5, 5.41) is 3.16. The number of sulfonamides is 1. The lowest BCUT2D eigenvalue weighted by Gasteiger charge is -2.31. The lowest BCUT2D eigenvalue weighted by Crippen LogP contribution is -2.39. The van der Waals surface area contributed by atoms with Crippen molar-refractivity contribution in [2.45, 2.75) is 61.7 Å². The zero-order valence-electron chi connectivity index (χ0n) is 19.4. The molecule has 1 N–H and O–H groups in total. The van der Waals surface area contributed by atoms with Gasteiger partial charge in [-0.25, -0.2) is 8.42 Å². The summed E-state index contributed by atoms with van der Waals surface area (Å²) in [4.78, 5) is 13.0. The predicted octanol–water partition coefficient (Wildman–Crippen LogP) is 4.04. The first-order chi connectivity index (χ1) is 15.9. The van der Waals surface area contributed by atoms with E-state index in [2.05, 4.69) is 11.4 Å². The van der Waals surface area contributed by atoms with Crippen LogP contribution in [0.1, 0.15) is 56.1 Å². The molecule has 0 aromatic heterocycles. The molecule has 33 heavy (non-hydrogen) atoms. The van der Waals surface area contributed by atoms with E-state index >= 15 is 0 Å². The second kappa shape index (κ2) is 10.3. The summed E-state index contributed by atoms with van der Waals surface area (Å²) < 4.78 is 32.5. The molecule has 1 amide bonds. The minimum atomic E-state index is -3.40. The van der Waals surface area contributed by atoms with Crippen LogP contribution < -0.4 is 10.1 Å². The fraction of sp³-hybridized carbons (Fsp3) is 0.500. The number of nitrogens with zero attached hydrogens (tertiary/aromatic N) is 1. The quantitative estimate of drug-likeness (QED) is 0.600. The second-order valence-electron chi connectivity index (χ2n) is 9.22. The van der Waals surface area contributed by atoms with E-state index in [9.17, 15) is 13.2 Å². The molecule has 0 spiro atoms. The summed E-state index contributed by atoms with van der Waals surface area (Å²) in [7, 11) is -1.70. The smallest absolute Gasteiger partial charge is 0.243 e. The van der Waals surface area contributed by atoms with Crippen LogP contribution in [0.3, 0.4) is 0 Å². The maximum absolute atomic E-state index is 12.7. The average molecular weight is 471 g/mol. The number of para-hydroxylation sites is 1. The van der Waals surface area contributed by atoms with Gasteiger partial charge in [0.15, 0.2) is 0 Å². The molecule has 7 heteroatoms. The zero-order chi connectivity index (χ0) is 23.3. The summed E-state index contributed by atoms with van der Waals surface area (Å²) in [5.74, 6) is 0.905. The number of hydrogen-bond acceptors (Lipinski definition) is 4. The molecule has 0 atom stereocenters. The van der Waals surface area contributed by atoms with Crippen LogP contribution >= 0.6 is 0 Å². The number of carbonyl (C=O) groups is 1. The van der Waals surface area contributed by atoms with E-state index in [-0.39, 0.29) is 11.3 Å². The summed E-state index contributed by atoms with van der Waals surface area (Å²) in [6.07, 6.45) is 7.19. The van der Waals surface area contributed by atoms with E-state index in [1.165, 1.54) is 5.56 Å². The Labute approximate surface area is 197 Å². The number of amides is 1. The van der Waals surface area contributed by atoms with Crippen molar-refractivity contribution in [3.05, 3.63) is 59.7 Å². The molecule has 1 heterocycles. The van der Waals surface area contributed by atoms with Crippen LogP contribution in [0.25, 0.3) is 0 Å². The highest BCUT2D eigenvalue weighted by atomic mass is 32.2. The molecule has 1 aliphatic carbocycles. The average Bonchev–Trinajstić information content (AvgIpc) is 3.55. The Bertz CT molecular complexity index is 1050. The van der Waals surface area contributed by atoms with E-state index in [0.29, 0.717) is 37.4 Å². The van der Waals surface area contributed by atoms with Crippen molar-refractivity contribution in [2.24, 2.45) is 0 Å². The number of benzene rings is 2. The van der Waals surface area contributed by atoms with Crippen molar-refractivity contribution >= 4 is 15.9 Å². The molecule has 1 saturated carbocycles. The van der Waals surface area contributed by atoms with Gasteiger partial charge in [-0.1, -0.05) is 43.2 Å². The largest absolute Gasteiger partial charge is 0.496 e. The SMILES string of the molecule is COc1ccccc1C1(CNC(=O)CCc2ccc(S(=O)(=O)N3CCCC3)cc2)CCCC1. The molecule has 4 rings (SSSR count). The molecule has 0 radical (unpaired) electrons. The molecular formula is C26H34N2O4S. The number of aryl methyl sites for hydroxylation is 1. The van der Waals surface area contributed by atoms with E-state index < -0.39 is 10.0 Å². The van der Waals surface area contributed by atoms with Crippen LogP contribution in [0.5, 0.6) is 5.75 Å². The van der Waals surface area contributed by atoms with Gasteiger partial charge in [0, 0.05) is 37.0 Å². The standard InChI is InChI=1S/C26H34N2O4S/c1-32-24-9-3-2-8-23(24)26(16-4-5-17-26)20-27-25(29)15-12-21-10-13-22(14-11-21)33(30,31)28-18-6-7-19-28/h2-3,8-11,13-14H,4-7,12,15-20H2,1H3,(H,27,29). The van der Waals surface area contributed by atoms with Gasteiger partial charge in [0.25, 0.3) is 0 Å². The summed E-state index contributed by atoms with van der Waals surface area (Å²) in [5.41, 5.74) is 2.07. The summed E-state index contributed by atoms with van der Waals surface area (Å²) in [6, 6.07) is 15.1. The van der Waals surface area contributed by atoms with E-state index in [1.54, 1.807) is 23.5 Å². The number of rotatable bonds is 9. The zero-order valence-corrected chi connectivity index (χ0v) is 20.2. The number of nitrogens with one attached hydrogen (secondary N) is 1. The number of hydrogen-bond donors (Lipinski definition) is 1. The van der Waals surface area contributed by atoms with Crippen LogP contribution in [-0.2, 0) is 26.7 Å². The van der Waals surface area contributed by atoms with E-state index in [4.69, 9.17) is 4.74 Å². The first-order valence-corrected chi connectivity index (χ1v) is 13.4. The van der Waals surface area contributed by atoms with E-state index in [0.717, 1.165) is 49.8 Å². The lowest BCUT2D eigenvalue weighted by atomic mass is 9.78. The van der Waals surface area contributed by atoms with Gasteiger partial charge in [-0.05, 0) is 55.9 Å². The fourth-order valence-electron chi connectivity index (χ4n) is 5.20. The van der Waals surface area contributed by atoms with Gasteiger partial charge < -0.3 is 10.1 Å². The van der Waals surface area contributed by atoms with Crippen LogP contribution in [0.4, 0.5) is 0 Å². The fourth-order valence-corrected chi connectivity index (χ4v) is 6.71. The van der Waals surface area contributed by atoms with Gasteiger partial charge in [0.1, 0.15) is 5.75 Å². The molecule has 6 nitrogen and oxygen atoms in total. The highest BCUT2D eigenvalue weighted by molar-refractivity contribution is 7.89. The van der Waals surface area contributed by atoms with Gasteiger partial charge in [0.05, 0.1) is 12.0 Å². The molecule has 1 saturated heterocycles. The Kier molecular flexibility index (Phi) is 7.39. The third-order valence-electron chi connectivity index (χ3n) is 7.13. The lowest BCUT2D eigenvalue weighted by molar-refractivity contribution is -0.121. The highest BCUT2D eigenvalue weighted by Gasteiger charge is 2.38. The monoisotopic (exact) mass is 470 g/mol. The van der Waals surface area contributed by atoms with Gasteiger partial charge in [-0.15, -0.1) is 0 Å². The van der Waals surface area contributed by atoms with E-state index in [1.807, 2.05) is 30.3 Å². The van der Waals surface area contributed by atoms with Gasteiger partial charge in [-0.3, -0.25) is 4.79 Å². The van der Waals surface area contributed by atoms with Crippen molar-refractivity contribution in [1.82, 2.24) is 9.62 Å². The molecule has 0 bridgehead atoms.